The summed E-state index contributed by atoms with van der Waals surface area (Å²) in [5.41, 5.74) is 2.62. The van der Waals surface area contributed by atoms with E-state index in [1.54, 1.807) is 6.07 Å². The summed E-state index contributed by atoms with van der Waals surface area (Å²) in [5, 5.41) is 3.74. The van der Waals surface area contributed by atoms with Crippen molar-refractivity contribution in [3.8, 4) is 11.3 Å². The molecule has 1 aromatic carbocycles. The van der Waals surface area contributed by atoms with Gasteiger partial charge < -0.3 is 4.52 Å². The number of hydrogen-bond donors (Lipinski definition) is 0. The summed E-state index contributed by atoms with van der Waals surface area (Å²) in [4.78, 5) is 11.1. The van der Waals surface area contributed by atoms with E-state index in [0.29, 0.717) is 17.4 Å². The Bertz CT molecular complexity index is 538. The lowest BCUT2D eigenvalue weighted by atomic mass is 10.0. The average molecular weight is 243 g/mol. The number of carbonyl (C=O) groups is 1. The Morgan fingerprint density at radius 3 is 2.44 bits per heavy atom. The van der Waals surface area contributed by atoms with E-state index in [4.69, 9.17) is 4.52 Å². The number of benzene rings is 1. The van der Waals surface area contributed by atoms with Crippen molar-refractivity contribution >= 4 is 5.78 Å². The molecule has 0 spiro atoms. The predicted octanol–water partition coefficient (Wildman–Crippen LogP) is 3.74. The van der Waals surface area contributed by atoms with Crippen molar-refractivity contribution in [1.29, 1.82) is 0 Å². The lowest BCUT2D eigenvalue weighted by molar-refractivity contribution is 0.100. The maximum Gasteiger partial charge on any atom is 0.181 e. The van der Waals surface area contributed by atoms with E-state index in [1.807, 2.05) is 12.1 Å². The van der Waals surface area contributed by atoms with Crippen LogP contribution in [-0.2, 0) is 6.42 Å². The molecule has 0 aliphatic carbocycles. The first-order chi connectivity index (χ1) is 8.56. The van der Waals surface area contributed by atoms with E-state index < -0.39 is 0 Å². The first-order valence-electron chi connectivity index (χ1n) is 6.13. The van der Waals surface area contributed by atoms with Crippen molar-refractivity contribution < 1.29 is 9.32 Å². The molecule has 0 saturated carbocycles. The van der Waals surface area contributed by atoms with Crippen molar-refractivity contribution in [3.05, 3.63) is 41.6 Å². The molecule has 0 aliphatic rings. The minimum absolute atomic E-state index is 0.0820. The van der Waals surface area contributed by atoms with Gasteiger partial charge in [0.2, 0.25) is 0 Å². The largest absolute Gasteiger partial charge is 0.356 e. The summed E-state index contributed by atoms with van der Waals surface area (Å²) >= 11 is 0. The van der Waals surface area contributed by atoms with Gasteiger partial charge in [-0.25, -0.2) is 0 Å². The first-order valence-corrected chi connectivity index (χ1v) is 6.13. The molecule has 94 valence electrons. The number of rotatable bonds is 4. The summed E-state index contributed by atoms with van der Waals surface area (Å²) < 4.78 is 5.16. The smallest absolute Gasteiger partial charge is 0.181 e. The van der Waals surface area contributed by atoms with Gasteiger partial charge in [0.25, 0.3) is 0 Å². The normalized spacial score (nSPS) is 10.9. The minimum atomic E-state index is -0.0820. The molecule has 0 amide bonds. The Hall–Kier alpha value is -1.90. The van der Waals surface area contributed by atoms with Crippen LogP contribution in [-0.4, -0.2) is 10.9 Å². The van der Waals surface area contributed by atoms with Crippen molar-refractivity contribution in [2.45, 2.75) is 27.2 Å². The van der Waals surface area contributed by atoms with Crippen LogP contribution < -0.4 is 0 Å². The number of carbonyl (C=O) groups excluding carboxylic acids is 1. The van der Waals surface area contributed by atoms with Gasteiger partial charge in [-0.1, -0.05) is 43.3 Å². The average Bonchev–Trinajstić information content (AvgIpc) is 2.78. The fourth-order valence-corrected chi connectivity index (χ4v) is 1.85. The van der Waals surface area contributed by atoms with Crippen LogP contribution in [0, 0.1) is 5.92 Å². The van der Waals surface area contributed by atoms with Gasteiger partial charge in [0.05, 0.1) is 0 Å². The van der Waals surface area contributed by atoms with Gasteiger partial charge in [-0.2, -0.15) is 0 Å². The molecule has 3 nitrogen and oxygen atoms in total. The summed E-state index contributed by atoms with van der Waals surface area (Å²) in [5.74, 6) is 1.20. The standard InChI is InChI=1S/C15H17NO2/c1-10(2)8-12-4-6-13(7-5-12)15-9-14(11(3)17)16-18-15/h4-7,9-10H,8H2,1-3H3. The van der Waals surface area contributed by atoms with Crippen molar-refractivity contribution in [2.24, 2.45) is 5.92 Å². The van der Waals surface area contributed by atoms with Crippen LogP contribution in [0.2, 0.25) is 0 Å². The third kappa shape index (κ3) is 2.86. The molecule has 1 aromatic heterocycles. The summed E-state index contributed by atoms with van der Waals surface area (Å²) in [6.45, 7) is 5.88. The maximum absolute atomic E-state index is 11.1. The molecule has 2 aromatic rings. The van der Waals surface area contributed by atoms with Crippen LogP contribution in [0.1, 0.15) is 36.8 Å². The number of nitrogens with zero attached hydrogens (tertiary/aromatic N) is 1. The van der Waals surface area contributed by atoms with Gasteiger partial charge in [0.1, 0.15) is 5.69 Å². The van der Waals surface area contributed by atoms with Gasteiger partial charge in [-0.15, -0.1) is 0 Å². The third-order valence-corrected chi connectivity index (χ3v) is 2.75. The van der Waals surface area contributed by atoms with E-state index in [1.165, 1.54) is 12.5 Å². The quantitative estimate of drug-likeness (QED) is 0.768. The Morgan fingerprint density at radius 1 is 1.28 bits per heavy atom. The topological polar surface area (TPSA) is 43.1 Å². The zero-order valence-electron chi connectivity index (χ0n) is 10.9. The highest BCUT2D eigenvalue weighted by molar-refractivity contribution is 5.92. The molecule has 1 heterocycles. The van der Waals surface area contributed by atoms with Gasteiger partial charge in [-0.3, -0.25) is 4.79 Å². The maximum atomic E-state index is 11.1. The van der Waals surface area contributed by atoms with Crippen LogP contribution in [0.15, 0.2) is 34.9 Å². The molecular formula is C15H17NO2. The zero-order valence-corrected chi connectivity index (χ0v) is 10.9. The molecule has 3 heteroatoms. The van der Waals surface area contributed by atoms with Crippen molar-refractivity contribution in [3.63, 3.8) is 0 Å². The van der Waals surface area contributed by atoms with Crippen LogP contribution in [0.25, 0.3) is 11.3 Å². The monoisotopic (exact) mass is 243 g/mol. The van der Waals surface area contributed by atoms with E-state index >= 15 is 0 Å². The second kappa shape index (κ2) is 5.17. The highest BCUT2D eigenvalue weighted by Gasteiger charge is 2.09. The molecule has 0 unspecified atom stereocenters. The Labute approximate surface area is 107 Å². The summed E-state index contributed by atoms with van der Waals surface area (Å²) in [7, 11) is 0. The van der Waals surface area contributed by atoms with Gasteiger partial charge in [0.15, 0.2) is 11.5 Å². The fraction of sp³-hybridized carbons (Fsp3) is 0.333. The highest BCUT2D eigenvalue weighted by atomic mass is 16.5. The second-order valence-corrected chi connectivity index (χ2v) is 4.93. The molecule has 0 saturated heterocycles. The minimum Gasteiger partial charge on any atom is -0.356 e. The molecular weight excluding hydrogens is 226 g/mol. The first kappa shape index (κ1) is 12.6. The van der Waals surface area contributed by atoms with E-state index in [2.05, 4.69) is 31.1 Å². The SMILES string of the molecule is CC(=O)c1cc(-c2ccc(CC(C)C)cc2)on1. The number of hydrogen-bond acceptors (Lipinski definition) is 3. The Morgan fingerprint density at radius 2 is 1.94 bits per heavy atom. The number of ketones is 1. The van der Waals surface area contributed by atoms with Crippen LogP contribution in [0.3, 0.4) is 0 Å². The molecule has 18 heavy (non-hydrogen) atoms. The van der Waals surface area contributed by atoms with Gasteiger partial charge in [0, 0.05) is 18.6 Å². The molecule has 2 rings (SSSR count). The summed E-state index contributed by atoms with van der Waals surface area (Å²) in [6.07, 6.45) is 1.06. The molecule has 0 aliphatic heterocycles. The van der Waals surface area contributed by atoms with Crippen molar-refractivity contribution in [1.82, 2.24) is 5.16 Å². The highest BCUT2D eigenvalue weighted by Crippen LogP contribution is 2.21. The molecule has 0 radical (unpaired) electrons. The Balaban J connectivity index is 2.20. The van der Waals surface area contributed by atoms with Crippen LogP contribution >= 0.6 is 0 Å². The number of Topliss-reactive ketones (excluding diaryl/α,β-unsaturated/α-hetero) is 1. The lowest BCUT2D eigenvalue weighted by Crippen LogP contribution is -1.93. The molecule has 0 fully saturated rings. The van der Waals surface area contributed by atoms with Gasteiger partial charge >= 0.3 is 0 Å². The second-order valence-electron chi connectivity index (χ2n) is 4.93. The van der Waals surface area contributed by atoms with Gasteiger partial charge in [-0.05, 0) is 17.9 Å². The lowest BCUT2D eigenvalue weighted by Gasteiger charge is -2.04. The van der Waals surface area contributed by atoms with Crippen LogP contribution in [0.5, 0.6) is 0 Å². The van der Waals surface area contributed by atoms with E-state index in [0.717, 1.165) is 12.0 Å². The van der Waals surface area contributed by atoms with Crippen molar-refractivity contribution in [2.75, 3.05) is 0 Å². The molecule has 0 atom stereocenters. The molecule has 0 bridgehead atoms. The zero-order chi connectivity index (χ0) is 13.1. The van der Waals surface area contributed by atoms with E-state index in [-0.39, 0.29) is 5.78 Å². The fourth-order valence-electron chi connectivity index (χ4n) is 1.85. The molecule has 0 N–H and O–H groups in total. The Kier molecular flexibility index (Phi) is 3.60. The number of aromatic nitrogens is 1. The summed E-state index contributed by atoms with van der Waals surface area (Å²) in [6, 6.07) is 9.86. The third-order valence-electron chi connectivity index (χ3n) is 2.75. The van der Waals surface area contributed by atoms with Crippen LogP contribution in [0.4, 0.5) is 0 Å². The predicted molar refractivity (Wildman–Crippen MR) is 70.5 cm³/mol. The van der Waals surface area contributed by atoms with E-state index in [9.17, 15) is 4.79 Å².